The maximum absolute atomic E-state index is 2.47. The number of rotatable bonds is 6. The Morgan fingerprint density at radius 3 is 2.09 bits per heavy atom. The molecule has 1 atom stereocenters. The molecule has 0 aromatic heterocycles. The fourth-order valence-corrected chi connectivity index (χ4v) is 2.27. The van der Waals surface area contributed by atoms with Gasteiger partial charge in [0.25, 0.3) is 0 Å². The minimum Gasteiger partial charge on any atom is -0.0864 e. The van der Waals surface area contributed by atoms with Gasteiger partial charge in [-0.05, 0) is 22.7 Å². The van der Waals surface area contributed by atoms with E-state index < -0.39 is 0 Å². The molecule has 1 heteroatoms. The summed E-state index contributed by atoms with van der Waals surface area (Å²) < 4.78 is 1.32. The fraction of sp³-hybridized carbons (Fsp3) is 1.00. The van der Waals surface area contributed by atoms with Gasteiger partial charge in [0.15, 0.2) is 0 Å². The molecule has 68 valence electrons. The van der Waals surface area contributed by atoms with Gasteiger partial charge >= 0.3 is 0 Å². The second kappa shape index (κ2) is 7.38. The summed E-state index contributed by atoms with van der Waals surface area (Å²) in [6, 6.07) is 0. The highest BCUT2D eigenvalue weighted by molar-refractivity contribution is 14.1. The maximum atomic E-state index is 2.47. The zero-order valence-electron chi connectivity index (χ0n) is 8.07. The molecule has 0 aliphatic carbocycles. The minimum atomic E-state index is 0.891. The molecule has 0 nitrogen and oxygen atoms in total. The van der Waals surface area contributed by atoms with Gasteiger partial charge in [0.2, 0.25) is 0 Å². The normalized spacial score (nSPS) is 13.9. The van der Waals surface area contributed by atoms with Crippen molar-refractivity contribution in [2.45, 2.75) is 46.5 Å². The van der Waals surface area contributed by atoms with Crippen molar-refractivity contribution in [3.8, 4) is 0 Å². The molecule has 0 N–H and O–H groups in total. The van der Waals surface area contributed by atoms with Crippen LogP contribution in [0.25, 0.3) is 0 Å². The Morgan fingerprint density at radius 1 is 1.00 bits per heavy atom. The van der Waals surface area contributed by atoms with Gasteiger partial charge in [0, 0.05) is 0 Å². The van der Waals surface area contributed by atoms with Crippen LogP contribution in [0.5, 0.6) is 0 Å². The van der Waals surface area contributed by atoms with Crippen LogP contribution in [0.2, 0.25) is 0 Å². The Balaban J connectivity index is 3.10. The van der Waals surface area contributed by atoms with E-state index in [1.807, 2.05) is 0 Å². The van der Waals surface area contributed by atoms with Crippen LogP contribution in [0.4, 0.5) is 0 Å². The molecule has 0 saturated heterocycles. The molecule has 0 unspecified atom stereocenters. The summed E-state index contributed by atoms with van der Waals surface area (Å²) in [5.74, 6) is 1.84. The molecule has 0 amide bonds. The molecule has 0 rings (SSSR count). The first kappa shape index (κ1) is 11.7. The third kappa shape index (κ3) is 8.64. The summed E-state index contributed by atoms with van der Waals surface area (Å²) in [5.41, 5.74) is 0. The van der Waals surface area contributed by atoms with Crippen molar-refractivity contribution in [3.05, 3.63) is 0 Å². The van der Waals surface area contributed by atoms with E-state index in [2.05, 4.69) is 43.4 Å². The van der Waals surface area contributed by atoms with Crippen molar-refractivity contribution in [1.29, 1.82) is 0 Å². The van der Waals surface area contributed by atoms with Crippen LogP contribution >= 0.6 is 22.6 Å². The lowest BCUT2D eigenvalue weighted by atomic mass is 9.98. The van der Waals surface area contributed by atoms with E-state index in [1.54, 1.807) is 0 Å². The molecule has 0 spiro atoms. The van der Waals surface area contributed by atoms with E-state index in [4.69, 9.17) is 0 Å². The molecule has 0 aromatic carbocycles. The maximum Gasteiger partial charge on any atom is -0.000219 e. The number of hydrogen-bond donors (Lipinski definition) is 0. The van der Waals surface area contributed by atoms with E-state index in [0.717, 1.165) is 11.8 Å². The molecule has 11 heavy (non-hydrogen) atoms. The van der Waals surface area contributed by atoms with E-state index in [0.29, 0.717) is 0 Å². The first-order chi connectivity index (χ1) is 5.16. The Hall–Kier alpha value is 0.730. The van der Waals surface area contributed by atoms with Crippen LogP contribution in [0.3, 0.4) is 0 Å². The summed E-state index contributed by atoms with van der Waals surface area (Å²) in [6.45, 7) is 6.99. The molecule has 0 fully saturated rings. The smallest absolute Gasteiger partial charge is 0.000219 e. The average Bonchev–Trinajstić information content (AvgIpc) is 1.87. The van der Waals surface area contributed by atoms with Crippen LogP contribution in [0.1, 0.15) is 46.5 Å². The van der Waals surface area contributed by atoms with Crippen LogP contribution in [-0.2, 0) is 0 Å². The molecule has 0 aliphatic rings. The zero-order valence-corrected chi connectivity index (χ0v) is 10.2. The third-order valence-electron chi connectivity index (χ3n) is 2.08. The quantitative estimate of drug-likeness (QED) is 0.498. The lowest BCUT2D eigenvalue weighted by Crippen LogP contribution is -1.96. The predicted molar refractivity (Wildman–Crippen MR) is 61.4 cm³/mol. The lowest BCUT2D eigenvalue weighted by Gasteiger charge is -2.09. The van der Waals surface area contributed by atoms with E-state index in [1.165, 1.54) is 30.1 Å². The van der Waals surface area contributed by atoms with Crippen molar-refractivity contribution in [2.24, 2.45) is 11.8 Å². The molecular weight excluding hydrogens is 247 g/mol. The Labute approximate surface area is 85.3 Å². The molecule has 0 aliphatic heterocycles. The fourth-order valence-electron chi connectivity index (χ4n) is 1.21. The molecule has 0 heterocycles. The predicted octanol–water partition coefficient (Wildman–Crippen LogP) is 4.27. The monoisotopic (exact) mass is 268 g/mol. The average molecular weight is 268 g/mol. The van der Waals surface area contributed by atoms with Crippen LogP contribution in [0, 0.1) is 11.8 Å². The number of hydrogen-bond acceptors (Lipinski definition) is 0. The van der Waals surface area contributed by atoms with Crippen molar-refractivity contribution >= 4 is 22.6 Å². The van der Waals surface area contributed by atoms with E-state index in [9.17, 15) is 0 Å². The standard InChI is InChI=1S/C10H21I/c1-9(2)5-4-6-10(3)7-8-11/h9-10H,4-8H2,1-3H3/t10-/m1/s1. The highest BCUT2D eigenvalue weighted by Crippen LogP contribution is 2.15. The summed E-state index contributed by atoms with van der Waals surface area (Å²) in [7, 11) is 0. The summed E-state index contributed by atoms with van der Waals surface area (Å²) in [6.07, 6.45) is 5.67. The van der Waals surface area contributed by atoms with Gasteiger partial charge in [-0.3, -0.25) is 0 Å². The molecule has 0 saturated carbocycles. The Morgan fingerprint density at radius 2 is 1.64 bits per heavy atom. The Bertz CT molecular complexity index is 78.9. The van der Waals surface area contributed by atoms with Gasteiger partial charge < -0.3 is 0 Å². The third-order valence-corrected chi connectivity index (χ3v) is 2.70. The van der Waals surface area contributed by atoms with Gasteiger partial charge in [-0.1, -0.05) is 62.6 Å². The second-order valence-corrected chi connectivity index (χ2v) is 4.99. The zero-order chi connectivity index (χ0) is 8.69. The lowest BCUT2D eigenvalue weighted by molar-refractivity contribution is 0.452. The van der Waals surface area contributed by atoms with E-state index >= 15 is 0 Å². The molecule has 0 bridgehead atoms. The Kier molecular flexibility index (Phi) is 7.87. The first-order valence-electron chi connectivity index (χ1n) is 4.72. The first-order valence-corrected chi connectivity index (χ1v) is 6.25. The highest BCUT2D eigenvalue weighted by Gasteiger charge is 2.01. The van der Waals surface area contributed by atoms with E-state index in [-0.39, 0.29) is 0 Å². The van der Waals surface area contributed by atoms with Crippen molar-refractivity contribution in [3.63, 3.8) is 0 Å². The van der Waals surface area contributed by atoms with Gasteiger partial charge in [0.1, 0.15) is 0 Å². The van der Waals surface area contributed by atoms with Crippen molar-refractivity contribution in [1.82, 2.24) is 0 Å². The van der Waals surface area contributed by atoms with Gasteiger partial charge in [-0.25, -0.2) is 0 Å². The SMILES string of the molecule is CC(C)CCC[C@@H](C)CCI. The van der Waals surface area contributed by atoms with Crippen molar-refractivity contribution < 1.29 is 0 Å². The molecule has 0 aromatic rings. The minimum absolute atomic E-state index is 0.891. The largest absolute Gasteiger partial charge is 0.0864 e. The second-order valence-electron chi connectivity index (χ2n) is 3.91. The topological polar surface area (TPSA) is 0 Å². The van der Waals surface area contributed by atoms with Gasteiger partial charge in [-0.15, -0.1) is 0 Å². The van der Waals surface area contributed by atoms with Crippen LogP contribution in [-0.4, -0.2) is 4.43 Å². The van der Waals surface area contributed by atoms with Gasteiger partial charge in [-0.2, -0.15) is 0 Å². The number of halogens is 1. The summed E-state index contributed by atoms with van der Waals surface area (Å²) in [5, 5.41) is 0. The molecular formula is C10H21I. The molecule has 0 radical (unpaired) electrons. The summed E-state index contributed by atoms with van der Waals surface area (Å²) in [4.78, 5) is 0. The van der Waals surface area contributed by atoms with Gasteiger partial charge in [0.05, 0.1) is 0 Å². The summed E-state index contributed by atoms with van der Waals surface area (Å²) >= 11 is 2.47. The van der Waals surface area contributed by atoms with Crippen molar-refractivity contribution in [2.75, 3.05) is 4.43 Å². The number of alkyl halides is 1. The van der Waals surface area contributed by atoms with Crippen LogP contribution < -0.4 is 0 Å². The van der Waals surface area contributed by atoms with Crippen LogP contribution in [0.15, 0.2) is 0 Å². The highest BCUT2D eigenvalue weighted by atomic mass is 127.